The molecule has 31 heavy (non-hydrogen) atoms. The SMILES string of the molecule is CC(C)(C)OC(=O)NC1=N[C@@](c2nc(N)ccc2F)(C(F)F)C[S@]2(=O)=NCCCCN12. The Balaban J connectivity index is 2.20. The summed E-state index contributed by atoms with van der Waals surface area (Å²) in [6.07, 6.45) is -3.18. The number of nitrogen functional groups attached to an aromatic ring is 1. The van der Waals surface area contributed by atoms with Crippen molar-refractivity contribution in [2.24, 2.45) is 9.36 Å². The Hall–Kier alpha value is -2.57. The van der Waals surface area contributed by atoms with Gasteiger partial charge in [0, 0.05) is 6.54 Å². The van der Waals surface area contributed by atoms with Gasteiger partial charge in [-0.1, -0.05) is 0 Å². The number of pyridine rings is 1. The lowest BCUT2D eigenvalue weighted by Gasteiger charge is -2.40. The summed E-state index contributed by atoms with van der Waals surface area (Å²) in [5.74, 6) is -2.52. The zero-order chi connectivity index (χ0) is 23.0. The molecule has 0 bridgehead atoms. The monoisotopic (exact) mass is 462 g/mol. The van der Waals surface area contributed by atoms with E-state index in [9.17, 15) is 22.2 Å². The highest BCUT2D eigenvalue weighted by atomic mass is 32.2. The second-order valence-corrected chi connectivity index (χ2v) is 10.5. The van der Waals surface area contributed by atoms with E-state index in [1.807, 2.05) is 0 Å². The molecule has 2 aliphatic heterocycles. The number of carbonyl (C=O) groups is 1. The average molecular weight is 462 g/mol. The second-order valence-electron chi connectivity index (χ2n) is 8.27. The van der Waals surface area contributed by atoms with Crippen molar-refractivity contribution in [3.63, 3.8) is 0 Å². The third kappa shape index (κ3) is 4.70. The lowest BCUT2D eigenvalue weighted by Crippen LogP contribution is -2.58. The number of halogens is 3. The Morgan fingerprint density at radius 1 is 1.35 bits per heavy atom. The van der Waals surface area contributed by atoms with Crippen molar-refractivity contribution in [2.45, 2.75) is 51.2 Å². The molecule has 3 heterocycles. The van der Waals surface area contributed by atoms with Gasteiger partial charge in [0.25, 0.3) is 6.43 Å². The number of carbonyl (C=O) groups excluding carboxylic acids is 1. The fraction of sp³-hybridized carbons (Fsp3) is 0.611. The molecule has 9 nitrogen and oxygen atoms in total. The zero-order valence-electron chi connectivity index (χ0n) is 17.4. The molecule has 13 heteroatoms. The van der Waals surface area contributed by atoms with E-state index in [1.54, 1.807) is 20.8 Å². The minimum atomic E-state index is -3.51. The first-order valence-corrected chi connectivity index (χ1v) is 11.3. The lowest BCUT2D eigenvalue weighted by atomic mass is 9.97. The molecule has 0 saturated carbocycles. The molecule has 2 aliphatic rings. The predicted molar refractivity (Wildman–Crippen MR) is 109 cm³/mol. The number of nitrogens with two attached hydrogens (primary N) is 1. The summed E-state index contributed by atoms with van der Waals surface area (Å²) in [7, 11) is -3.51. The molecule has 0 spiro atoms. The number of alkyl carbamates (subject to hydrolysis) is 1. The average Bonchev–Trinajstić information content (AvgIpc) is 2.83. The molecular formula is C18H25F3N6O3S. The minimum Gasteiger partial charge on any atom is -0.444 e. The van der Waals surface area contributed by atoms with Gasteiger partial charge in [0.2, 0.25) is 5.96 Å². The van der Waals surface area contributed by atoms with Crippen LogP contribution in [0.3, 0.4) is 0 Å². The Morgan fingerprint density at radius 2 is 2.06 bits per heavy atom. The molecule has 1 aromatic heterocycles. The van der Waals surface area contributed by atoms with Gasteiger partial charge in [0.05, 0.1) is 12.3 Å². The summed E-state index contributed by atoms with van der Waals surface area (Å²) in [5, 5.41) is 2.30. The molecular weight excluding hydrogens is 437 g/mol. The minimum absolute atomic E-state index is 0.156. The van der Waals surface area contributed by atoms with E-state index in [0.717, 1.165) is 12.1 Å². The maximum Gasteiger partial charge on any atom is 0.414 e. The topological polar surface area (TPSA) is 122 Å². The van der Waals surface area contributed by atoms with Crippen LogP contribution in [0.5, 0.6) is 0 Å². The van der Waals surface area contributed by atoms with Gasteiger partial charge in [0.15, 0.2) is 5.54 Å². The summed E-state index contributed by atoms with van der Waals surface area (Å²) in [6.45, 7) is 5.18. The van der Waals surface area contributed by atoms with Gasteiger partial charge < -0.3 is 10.5 Å². The number of aromatic nitrogens is 1. The number of aliphatic imine (C=N–C) groups is 1. The highest BCUT2D eigenvalue weighted by Gasteiger charge is 2.53. The van der Waals surface area contributed by atoms with E-state index in [1.165, 1.54) is 4.31 Å². The van der Waals surface area contributed by atoms with E-state index < -0.39 is 56.8 Å². The smallest absolute Gasteiger partial charge is 0.414 e. The summed E-state index contributed by atoms with van der Waals surface area (Å²) >= 11 is 0. The number of fused-ring (bicyclic) bond motifs is 1. The Bertz CT molecular complexity index is 1020. The van der Waals surface area contributed by atoms with Crippen molar-refractivity contribution < 1.29 is 26.9 Å². The van der Waals surface area contributed by atoms with Crippen LogP contribution in [0.2, 0.25) is 0 Å². The Labute approximate surface area is 178 Å². The molecule has 1 aromatic rings. The standard InChI is InChI=1S/C18H25F3N6O3S/c1-17(2,3)30-16(28)25-15-26-18(14(20)21,13-11(19)6-7-12(22)24-13)10-31(29)23-8-4-5-9-27(15)31/h6-7,14H,4-5,8-10H2,1-3H3,(H2,22,24)(H,25,26,28)/t18-,31-/m0/s1. The lowest BCUT2D eigenvalue weighted by molar-refractivity contribution is 0.0526. The number of nitrogens with one attached hydrogen (secondary N) is 1. The third-order valence-corrected chi connectivity index (χ3v) is 7.05. The maximum atomic E-state index is 14.6. The van der Waals surface area contributed by atoms with E-state index >= 15 is 0 Å². The number of anilines is 1. The normalized spacial score (nSPS) is 26.4. The molecule has 0 radical (unpaired) electrons. The van der Waals surface area contributed by atoms with Gasteiger partial charge in [-0.05, 0) is 45.7 Å². The number of guanidine groups is 1. The molecule has 0 fully saturated rings. The highest BCUT2D eigenvalue weighted by molar-refractivity contribution is 7.92. The van der Waals surface area contributed by atoms with Crippen molar-refractivity contribution in [3.05, 3.63) is 23.6 Å². The first-order valence-electron chi connectivity index (χ1n) is 9.65. The van der Waals surface area contributed by atoms with Gasteiger partial charge >= 0.3 is 6.09 Å². The maximum absolute atomic E-state index is 14.6. The van der Waals surface area contributed by atoms with Gasteiger partial charge in [0.1, 0.15) is 32.8 Å². The number of ether oxygens (including phenoxy) is 1. The van der Waals surface area contributed by atoms with Crippen LogP contribution in [0.4, 0.5) is 23.8 Å². The van der Waals surface area contributed by atoms with Crippen LogP contribution in [0, 0.1) is 5.82 Å². The Kier molecular flexibility index (Phi) is 6.09. The molecule has 0 saturated heterocycles. The molecule has 3 rings (SSSR count). The number of amides is 1. The highest BCUT2D eigenvalue weighted by Crippen LogP contribution is 2.40. The van der Waals surface area contributed by atoms with Gasteiger partial charge in [-0.2, -0.15) is 0 Å². The van der Waals surface area contributed by atoms with Crippen LogP contribution >= 0.6 is 0 Å². The van der Waals surface area contributed by atoms with Crippen molar-refractivity contribution in [2.75, 3.05) is 24.6 Å². The number of nitrogens with zero attached hydrogens (tertiary/aromatic N) is 4. The first-order chi connectivity index (χ1) is 14.4. The molecule has 0 aliphatic carbocycles. The van der Waals surface area contributed by atoms with Gasteiger partial charge in [-0.25, -0.2) is 36.5 Å². The van der Waals surface area contributed by atoms with Crippen LogP contribution < -0.4 is 11.1 Å². The van der Waals surface area contributed by atoms with Crippen LogP contribution in [-0.4, -0.2) is 56.4 Å². The van der Waals surface area contributed by atoms with Crippen LogP contribution in [0.25, 0.3) is 0 Å². The number of rotatable bonds is 2. The fourth-order valence-electron chi connectivity index (χ4n) is 3.30. The summed E-state index contributed by atoms with van der Waals surface area (Å²) < 4.78 is 67.9. The largest absolute Gasteiger partial charge is 0.444 e. The van der Waals surface area contributed by atoms with E-state index in [-0.39, 0.29) is 18.9 Å². The van der Waals surface area contributed by atoms with Crippen molar-refractivity contribution in [3.8, 4) is 0 Å². The molecule has 0 aromatic carbocycles. The molecule has 172 valence electrons. The van der Waals surface area contributed by atoms with Gasteiger partial charge in [-0.15, -0.1) is 0 Å². The molecule has 1 amide bonds. The predicted octanol–water partition coefficient (Wildman–Crippen LogP) is 2.64. The number of hydrogen-bond acceptors (Lipinski definition) is 7. The quantitative estimate of drug-likeness (QED) is 0.700. The van der Waals surface area contributed by atoms with Crippen LogP contribution in [0.1, 0.15) is 39.3 Å². The van der Waals surface area contributed by atoms with Crippen LogP contribution in [0.15, 0.2) is 21.5 Å². The van der Waals surface area contributed by atoms with Crippen molar-refractivity contribution >= 4 is 27.8 Å². The third-order valence-electron chi connectivity index (χ3n) is 4.61. The fourth-order valence-corrected chi connectivity index (χ4v) is 5.77. The van der Waals surface area contributed by atoms with Crippen LogP contribution in [-0.2, 0) is 20.2 Å². The van der Waals surface area contributed by atoms with Gasteiger partial charge in [-0.3, -0.25) is 9.62 Å². The molecule has 0 unspecified atom stereocenters. The van der Waals surface area contributed by atoms with Crippen molar-refractivity contribution in [1.82, 2.24) is 14.6 Å². The second kappa shape index (κ2) is 8.17. The molecule has 2 atom stereocenters. The summed E-state index contributed by atoms with van der Waals surface area (Å²) in [5.41, 5.74) is 1.30. The van der Waals surface area contributed by atoms with E-state index in [0.29, 0.717) is 12.8 Å². The first kappa shape index (κ1) is 23.1. The molecule has 3 N–H and O–H groups in total. The van der Waals surface area contributed by atoms with Crippen molar-refractivity contribution in [1.29, 1.82) is 0 Å². The summed E-state index contributed by atoms with van der Waals surface area (Å²) in [4.78, 5) is 20.1. The summed E-state index contributed by atoms with van der Waals surface area (Å²) in [6, 6.07) is 2.01. The van der Waals surface area contributed by atoms with E-state index in [2.05, 4.69) is 19.7 Å². The zero-order valence-corrected chi connectivity index (χ0v) is 18.2. The van der Waals surface area contributed by atoms with E-state index in [4.69, 9.17) is 10.5 Å². The number of alkyl halides is 2. The Morgan fingerprint density at radius 3 is 2.71 bits per heavy atom. The number of hydrogen-bond donors (Lipinski definition) is 2.